The highest BCUT2D eigenvalue weighted by molar-refractivity contribution is 6.03. The second kappa shape index (κ2) is 11.2. The normalized spacial score (nSPS) is 12.2. The molecule has 0 aliphatic heterocycles. The number of halogens is 1. The van der Waals surface area contributed by atoms with Gasteiger partial charge in [-0.15, -0.1) is 0 Å². The fraction of sp³-hybridized carbons (Fsp3) is 0.269. The summed E-state index contributed by atoms with van der Waals surface area (Å²) in [4.78, 5) is 25.3. The second-order valence-electron chi connectivity index (χ2n) is 7.96. The van der Waals surface area contributed by atoms with E-state index in [2.05, 4.69) is 15.8 Å². The highest BCUT2D eigenvalue weighted by atomic mass is 19.1. The summed E-state index contributed by atoms with van der Waals surface area (Å²) in [6, 6.07) is 16.4. The van der Waals surface area contributed by atoms with Crippen LogP contribution in [0.1, 0.15) is 43.1 Å². The first-order valence-electron chi connectivity index (χ1n) is 10.9. The fourth-order valence-corrected chi connectivity index (χ4v) is 3.38. The first-order valence-corrected chi connectivity index (χ1v) is 10.9. The molecule has 1 unspecified atom stereocenters. The van der Waals surface area contributed by atoms with Crippen molar-refractivity contribution in [3.63, 3.8) is 0 Å². The van der Waals surface area contributed by atoms with E-state index in [0.29, 0.717) is 12.4 Å². The average Bonchev–Trinajstić information content (AvgIpc) is 2.81. The molecule has 6 nitrogen and oxygen atoms in total. The van der Waals surface area contributed by atoms with Gasteiger partial charge in [0, 0.05) is 5.56 Å². The van der Waals surface area contributed by atoms with Crippen LogP contribution in [0.2, 0.25) is 0 Å². The van der Waals surface area contributed by atoms with E-state index < -0.39 is 23.7 Å². The maximum absolute atomic E-state index is 13.9. The van der Waals surface area contributed by atoms with Gasteiger partial charge < -0.3 is 10.1 Å². The maximum Gasteiger partial charge on any atom is 0.262 e. The Kier molecular flexibility index (Phi) is 8.13. The number of nitrogens with zero attached hydrogens (tertiary/aromatic N) is 1. The van der Waals surface area contributed by atoms with Gasteiger partial charge in [-0.2, -0.15) is 5.10 Å². The van der Waals surface area contributed by atoms with Gasteiger partial charge in [0.2, 0.25) is 0 Å². The van der Waals surface area contributed by atoms with Crippen molar-refractivity contribution in [2.24, 2.45) is 11.0 Å². The maximum atomic E-state index is 13.9. The van der Waals surface area contributed by atoms with Crippen LogP contribution in [0.15, 0.2) is 65.8 Å². The van der Waals surface area contributed by atoms with E-state index in [0.717, 1.165) is 22.8 Å². The van der Waals surface area contributed by atoms with Crippen LogP contribution in [-0.4, -0.2) is 30.7 Å². The van der Waals surface area contributed by atoms with E-state index in [1.54, 1.807) is 26.1 Å². The minimum atomic E-state index is -0.891. The Balaban J connectivity index is 1.78. The van der Waals surface area contributed by atoms with Gasteiger partial charge in [0.25, 0.3) is 11.8 Å². The number of rotatable bonds is 9. The number of fused-ring (bicyclic) bond motifs is 1. The second-order valence-corrected chi connectivity index (χ2v) is 7.96. The molecular formula is C26H28FN3O3. The van der Waals surface area contributed by atoms with Gasteiger partial charge >= 0.3 is 0 Å². The third kappa shape index (κ3) is 5.94. The topological polar surface area (TPSA) is 79.8 Å². The SMILES string of the molecule is CCCOc1ccc2ccccc2c1C=NNC(=O)C(NC(=O)c1ccccc1F)C(C)C. The predicted octanol–water partition coefficient (Wildman–Crippen LogP) is 4.67. The molecule has 0 aliphatic carbocycles. The number of ether oxygens (including phenoxy) is 1. The van der Waals surface area contributed by atoms with Crippen LogP contribution in [0.4, 0.5) is 4.39 Å². The lowest BCUT2D eigenvalue weighted by molar-refractivity contribution is -0.123. The Bertz CT molecular complexity index is 1160. The molecule has 0 fully saturated rings. The predicted molar refractivity (Wildman–Crippen MR) is 128 cm³/mol. The summed E-state index contributed by atoms with van der Waals surface area (Å²) >= 11 is 0. The lowest BCUT2D eigenvalue weighted by Gasteiger charge is -2.20. The summed E-state index contributed by atoms with van der Waals surface area (Å²) in [6.07, 6.45) is 2.40. The van der Waals surface area contributed by atoms with Crippen LogP contribution in [0.5, 0.6) is 5.75 Å². The van der Waals surface area contributed by atoms with Crippen molar-refractivity contribution in [1.29, 1.82) is 0 Å². The van der Waals surface area contributed by atoms with E-state index in [9.17, 15) is 14.0 Å². The first-order chi connectivity index (χ1) is 15.9. The summed E-state index contributed by atoms with van der Waals surface area (Å²) in [6.45, 7) is 6.16. The molecule has 7 heteroatoms. The summed E-state index contributed by atoms with van der Waals surface area (Å²) in [7, 11) is 0. The highest BCUT2D eigenvalue weighted by Crippen LogP contribution is 2.26. The van der Waals surface area contributed by atoms with Gasteiger partial charge in [-0.25, -0.2) is 9.82 Å². The zero-order valence-electron chi connectivity index (χ0n) is 19.0. The smallest absolute Gasteiger partial charge is 0.262 e. The molecule has 1 atom stereocenters. The quantitative estimate of drug-likeness (QED) is 0.368. The van der Waals surface area contributed by atoms with Gasteiger partial charge in [-0.05, 0) is 41.3 Å². The zero-order chi connectivity index (χ0) is 23.8. The number of hydrogen-bond acceptors (Lipinski definition) is 4. The van der Waals surface area contributed by atoms with E-state index in [4.69, 9.17) is 4.74 Å². The molecule has 0 aromatic heterocycles. The molecule has 0 bridgehead atoms. The van der Waals surface area contributed by atoms with E-state index in [1.807, 2.05) is 43.3 Å². The minimum absolute atomic E-state index is 0.118. The standard InChI is InChI=1S/C26H28FN3O3/c1-4-15-33-23-14-13-18-9-5-6-10-19(18)21(23)16-28-30-26(32)24(17(2)3)29-25(31)20-11-7-8-12-22(20)27/h5-14,16-17,24H,4,15H2,1-3H3,(H,29,31)(H,30,32). The number of benzene rings is 3. The van der Waals surface area contributed by atoms with Gasteiger partial charge in [0.1, 0.15) is 17.6 Å². The zero-order valence-corrected chi connectivity index (χ0v) is 19.0. The lowest BCUT2D eigenvalue weighted by Crippen LogP contribution is -2.48. The molecule has 172 valence electrons. The van der Waals surface area contributed by atoms with Crippen LogP contribution in [-0.2, 0) is 4.79 Å². The van der Waals surface area contributed by atoms with E-state index >= 15 is 0 Å². The van der Waals surface area contributed by atoms with Crippen LogP contribution in [0.25, 0.3) is 10.8 Å². The van der Waals surface area contributed by atoms with Crippen molar-refractivity contribution >= 4 is 28.8 Å². The Morgan fingerprint density at radius 1 is 1.06 bits per heavy atom. The molecule has 0 radical (unpaired) electrons. The molecule has 0 aliphatic rings. The van der Waals surface area contributed by atoms with Gasteiger partial charge in [-0.1, -0.05) is 63.2 Å². The van der Waals surface area contributed by atoms with Gasteiger partial charge in [0.15, 0.2) is 0 Å². The number of hydrogen-bond donors (Lipinski definition) is 2. The number of nitrogens with one attached hydrogen (secondary N) is 2. The third-order valence-corrected chi connectivity index (χ3v) is 5.11. The molecule has 3 aromatic rings. The Morgan fingerprint density at radius 2 is 1.79 bits per heavy atom. The van der Waals surface area contributed by atoms with Gasteiger partial charge in [0.05, 0.1) is 18.4 Å². The number of carbonyl (C=O) groups is 2. The lowest BCUT2D eigenvalue weighted by atomic mass is 10.0. The third-order valence-electron chi connectivity index (χ3n) is 5.11. The summed E-state index contributed by atoms with van der Waals surface area (Å²) in [5.74, 6) is -1.37. The minimum Gasteiger partial charge on any atom is -0.493 e. The molecule has 0 saturated carbocycles. The fourth-order valence-electron chi connectivity index (χ4n) is 3.38. The molecule has 3 aromatic carbocycles. The van der Waals surface area contributed by atoms with Crippen molar-refractivity contribution in [3.8, 4) is 5.75 Å². The van der Waals surface area contributed by atoms with Crippen LogP contribution in [0, 0.1) is 11.7 Å². The molecule has 2 amide bonds. The van der Waals surface area contributed by atoms with Crippen LogP contribution >= 0.6 is 0 Å². The average molecular weight is 450 g/mol. The molecule has 33 heavy (non-hydrogen) atoms. The van der Waals surface area contributed by atoms with Crippen LogP contribution < -0.4 is 15.5 Å². The monoisotopic (exact) mass is 449 g/mol. The van der Waals surface area contributed by atoms with E-state index in [1.165, 1.54) is 18.2 Å². The van der Waals surface area contributed by atoms with Crippen molar-refractivity contribution in [1.82, 2.24) is 10.7 Å². The van der Waals surface area contributed by atoms with Crippen LogP contribution in [0.3, 0.4) is 0 Å². The Hall–Kier alpha value is -3.74. The number of amides is 2. The van der Waals surface area contributed by atoms with Crippen molar-refractivity contribution < 1.29 is 18.7 Å². The molecule has 0 spiro atoms. The Morgan fingerprint density at radius 3 is 2.52 bits per heavy atom. The Labute approximate surface area is 192 Å². The number of hydrazone groups is 1. The van der Waals surface area contributed by atoms with Crippen molar-refractivity contribution in [2.75, 3.05) is 6.61 Å². The molecule has 0 heterocycles. The molecule has 2 N–H and O–H groups in total. The number of carbonyl (C=O) groups excluding carboxylic acids is 2. The largest absolute Gasteiger partial charge is 0.493 e. The van der Waals surface area contributed by atoms with Crippen molar-refractivity contribution in [2.45, 2.75) is 33.2 Å². The summed E-state index contributed by atoms with van der Waals surface area (Å²) in [5.41, 5.74) is 3.13. The van der Waals surface area contributed by atoms with Gasteiger partial charge in [-0.3, -0.25) is 9.59 Å². The molecular weight excluding hydrogens is 421 g/mol. The highest BCUT2D eigenvalue weighted by Gasteiger charge is 2.25. The van der Waals surface area contributed by atoms with E-state index in [-0.39, 0.29) is 11.5 Å². The first kappa shape index (κ1) is 23.9. The summed E-state index contributed by atoms with van der Waals surface area (Å²) < 4.78 is 19.8. The van der Waals surface area contributed by atoms with Crippen molar-refractivity contribution in [3.05, 3.63) is 77.6 Å². The molecule has 0 saturated heterocycles. The molecule has 3 rings (SSSR count). The summed E-state index contributed by atoms with van der Waals surface area (Å²) in [5, 5.41) is 8.69.